The summed E-state index contributed by atoms with van der Waals surface area (Å²) in [5.74, 6) is 0.410. The maximum Gasteiger partial charge on any atom is 0.314 e. The van der Waals surface area contributed by atoms with Crippen LogP contribution < -0.4 is 16.8 Å². The van der Waals surface area contributed by atoms with Crippen molar-refractivity contribution < 1.29 is 4.92 Å². The van der Waals surface area contributed by atoms with Crippen LogP contribution in [0.3, 0.4) is 0 Å². The van der Waals surface area contributed by atoms with Gasteiger partial charge in [0.25, 0.3) is 0 Å². The summed E-state index contributed by atoms with van der Waals surface area (Å²) in [5.41, 5.74) is 13.0. The van der Waals surface area contributed by atoms with Gasteiger partial charge in [0.1, 0.15) is 16.6 Å². The lowest BCUT2D eigenvalue weighted by Crippen LogP contribution is -2.12. The van der Waals surface area contributed by atoms with Crippen molar-refractivity contribution in [2.45, 2.75) is 13.0 Å². The second-order valence-corrected chi connectivity index (χ2v) is 6.86. The zero-order chi connectivity index (χ0) is 20.4. The highest BCUT2D eigenvalue weighted by atomic mass is 35.5. The van der Waals surface area contributed by atoms with Gasteiger partial charge in [-0.1, -0.05) is 11.6 Å². The largest absolute Gasteiger partial charge is 0.384 e. The summed E-state index contributed by atoms with van der Waals surface area (Å²) in [5, 5.41) is 14.7. The summed E-state index contributed by atoms with van der Waals surface area (Å²) in [7, 11) is 3.90. The summed E-state index contributed by atoms with van der Waals surface area (Å²) in [4.78, 5) is 25.3. The summed E-state index contributed by atoms with van der Waals surface area (Å²) in [6.07, 6.45) is 2.16. The first kappa shape index (κ1) is 19.6. The monoisotopic (exact) mass is 405 g/mol. The molecule has 148 valence electrons. The van der Waals surface area contributed by atoms with Crippen molar-refractivity contribution >= 4 is 40.5 Å². The van der Waals surface area contributed by atoms with E-state index in [0.717, 1.165) is 5.69 Å². The zero-order valence-corrected chi connectivity index (χ0v) is 16.1. The number of imidazole rings is 1. The van der Waals surface area contributed by atoms with Crippen LogP contribution in [-0.2, 0) is 13.0 Å². The number of nitrogens with two attached hydrogens (primary N) is 2. The van der Waals surface area contributed by atoms with E-state index in [0.29, 0.717) is 41.8 Å². The lowest BCUT2D eigenvalue weighted by molar-refractivity contribution is -0.384. The number of nitrogen functional groups attached to an aromatic ring is 2. The second-order valence-electron chi connectivity index (χ2n) is 6.47. The third-order valence-electron chi connectivity index (χ3n) is 3.93. The van der Waals surface area contributed by atoms with Gasteiger partial charge in [0, 0.05) is 30.9 Å². The third kappa shape index (κ3) is 4.21. The number of rotatable bonds is 7. The molecule has 0 saturated heterocycles. The molecule has 0 radical (unpaired) electrons. The van der Waals surface area contributed by atoms with Crippen molar-refractivity contribution in [2.75, 3.05) is 37.4 Å². The van der Waals surface area contributed by atoms with E-state index < -0.39 is 4.92 Å². The molecular weight excluding hydrogens is 386 g/mol. The van der Waals surface area contributed by atoms with E-state index in [-0.39, 0.29) is 17.3 Å². The van der Waals surface area contributed by atoms with Crippen molar-refractivity contribution in [1.29, 1.82) is 0 Å². The molecule has 0 aromatic carbocycles. The molecule has 0 spiro atoms. The van der Waals surface area contributed by atoms with Gasteiger partial charge in [-0.15, -0.1) is 0 Å². The van der Waals surface area contributed by atoms with E-state index in [1.807, 2.05) is 25.2 Å². The Morgan fingerprint density at radius 2 is 2.04 bits per heavy atom. The van der Waals surface area contributed by atoms with E-state index >= 15 is 0 Å². The molecule has 3 rings (SSSR count). The lowest BCUT2D eigenvalue weighted by Gasteiger charge is -2.10. The Hall–Kier alpha value is -3.18. The molecule has 0 amide bonds. The Kier molecular flexibility index (Phi) is 5.47. The molecular formula is C16H20ClN9O2. The first-order valence-corrected chi connectivity index (χ1v) is 8.74. The summed E-state index contributed by atoms with van der Waals surface area (Å²) in [6, 6.07) is 3.12. The molecule has 0 fully saturated rings. The molecule has 0 saturated carbocycles. The van der Waals surface area contributed by atoms with Crippen molar-refractivity contribution in [3.05, 3.63) is 44.9 Å². The minimum Gasteiger partial charge on any atom is -0.384 e. The number of hydrogen-bond donors (Lipinski definition) is 3. The highest BCUT2D eigenvalue weighted by Crippen LogP contribution is 2.27. The predicted molar refractivity (Wildman–Crippen MR) is 107 cm³/mol. The highest BCUT2D eigenvalue weighted by molar-refractivity contribution is 6.29. The van der Waals surface area contributed by atoms with Gasteiger partial charge in [-0.05, 0) is 26.6 Å². The smallest absolute Gasteiger partial charge is 0.314 e. The molecule has 3 heterocycles. The minimum absolute atomic E-state index is 0.129. The topological polar surface area (TPSA) is 154 Å². The quantitative estimate of drug-likeness (QED) is 0.301. The van der Waals surface area contributed by atoms with Gasteiger partial charge in [0.2, 0.25) is 11.8 Å². The Morgan fingerprint density at radius 3 is 2.71 bits per heavy atom. The molecule has 0 aliphatic heterocycles. The summed E-state index contributed by atoms with van der Waals surface area (Å²) < 4.78 is 1.79. The second kappa shape index (κ2) is 7.82. The minimum atomic E-state index is -0.559. The molecule has 0 atom stereocenters. The number of nitrogens with one attached hydrogen (secondary N) is 1. The molecule has 3 aromatic rings. The van der Waals surface area contributed by atoms with Crippen molar-refractivity contribution in [3.63, 3.8) is 0 Å². The van der Waals surface area contributed by atoms with E-state index in [2.05, 4.69) is 20.3 Å². The molecule has 3 aromatic heterocycles. The van der Waals surface area contributed by atoms with Crippen LogP contribution in [0.1, 0.15) is 11.3 Å². The fourth-order valence-electron chi connectivity index (χ4n) is 2.88. The van der Waals surface area contributed by atoms with Gasteiger partial charge >= 0.3 is 5.69 Å². The van der Waals surface area contributed by atoms with Gasteiger partial charge in [0.05, 0.1) is 10.6 Å². The van der Waals surface area contributed by atoms with Crippen LogP contribution in [0.2, 0.25) is 5.15 Å². The molecule has 0 bridgehead atoms. The number of hydrogen-bond acceptors (Lipinski definition) is 9. The molecule has 5 N–H and O–H groups in total. The van der Waals surface area contributed by atoms with Crippen molar-refractivity contribution in [2.24, 2.45) is 0 Å². The third-order valence-corrected chi connectivity index (χ3v) is 4.12. The zero-order valence-electron chi connectivity index (χ0n) is 15.4. The van der Waals surface area contributed by atoms with Crippen molar-refractivity contribution in [1.82, 2.24) is 24.3 Å². The maximum atomic E-state index is 11.3. The number of nitro groups is 1. The molecule has 0 aliphatic rings. The van der Waals surface area contributed by atoms with Gasteiger partial charge < -0.3 is 21.7 Å². The molecule has 0 aliphatic carbocycles. The number of pyridine rings is 1. The van der Waals surface area contributed by atoms with Gasteiger partial charge in [0.15, 0.2) is 0 Å². The summed E-state index contributed by atoms with van der Waals surface area (Å²) in [6.45, 7) is 1.01. The van der Waals surface area contributed by atoms with Crippen LogP contribution in [0.15, 0.2) is 18.3 Å². The fourth-order valence-corrected chi connectivity index (χ4v) is 3.06. The Bertz CT molecular complexity index is 1030. The van der Waals surface area contributed by atoms with Crippen LogP contribution >= 0.6 is 11.6 Å². The van der Waals surface area contributed by atoms with Gasteiger partial charge in [-0.3, -0.25) is 14.5 Å². The van der Waals surface area contributed by atoms with Crippen LogP contribution in [-0.4, -0.2) is 49.8 Å². The van der Waals surface area contributed by atoms with E-state index in [1.165, 1.54) is 6.07 Å². The summed E-state index contributed by atoms with van der Waals surface area (Å²) >= 11 is 6.10. The standard InChI is InChI=1S/C16H20ClN9O2/c1-24(2)7-10-8-25-13(21-10)6-11(17)22-16(25)20-4-3-9-5-12(18)23-15(19)14(9)26(27)28/h5-6,8H,3-4,7H2,1-2H3,(H,20,22)(H4,18,19,23). The van der Waals surface area contributed by atoms with Crippen LogP contribution in [0.25, 0.3) is 5.65 Å². The van der Waals surface area contributed by atoms with E-state index in [1.54, 1.807) is 10.5 Å². The van der Waals surface area contributed by atoms with Crippen LogP contribution in [0, 0.1) is 10.1 Å². The Balaban J connectivity index is 1.83. The Labute approximate surface area is 165 Å². The lowest BCUT2D eigenvalue weighted by atomic mass is 10.1. The number of halogens is 1. The normalized spacial score (nSPS) is 11.3. The maximum absolute atomic E-state index is 11.3. The molecule has 11 nitrogen and oxygen atoms in total. The highest BCUT2D eigenvalue weighted by Gasteiger charge is 2.20. The average molecular weight is 406 g/mol. The van der Waals surface area contributed by atoms with E-state index in [9.17, 15) is 10.1 Å². The average Bonchev–Trinajstić information content (AvgIpc) is 2.95. The molecule has 0 unspecified atom stereocenters. The number of fused-ring (bicyclic) bond motifs is 1. The Morgan fingerprint density at radius 1 is 1.29 bits per heavy atom. The fraction of sp³-hybridized carbons (Fsp3) is 0.312. The first-order chi connectivity index (χ1) is 13.2. The van der Waals surface area contributed by atoms with Crippen LogP contribution in [0.5, 0.6) is 0 Å². The van der Waals surface area contributed by atoms with Gasteiger partial charge in [-0.2, -0.15) is 0 Å². The number of anilines is 3. The molecule has 12 heteroatoms. The van der Waals surface area contributed by atoms with Crippen LogP contribution in [0.4, 0.5) is 23.3 Å². The first-order valence-electron chi connectivity index (χ1n) is 8.37. The predicted octanol–water partition coefficient (Wildman–Crippen LogP) is 1.57. The van der Waals surface area contributed by atoms with Crippen molar-refractivity contribution in [3.8, 4) is 0 Å². The van der Waals surface area contributed by atoms with Gasteiger partial charge in [-0.25, -0.2) is 15.0 Å². The number of aromatic nitrogens is 4. The van der Waals surface area contributed by atoms with E-state index in [4.69, 9.17) is 23.1 Å². The number of nitrogens with zero attached hydrogens (tertiary/aromatic N) is 6. The molecule has 28 heavy (non-hydrogen) atoms. The SMILES string of the molecule is CN(C)Cc1cn2c(NCCc3cc(N)nc(N)c3[N+](=O)[O-])nc(Cl)cc2n1.